The van der Waals surface area contributed by atoms with Gasteiger partial charge < -0.3 is 5.32 Å². The molecule has 1 heterocycles. The third-order valence-electron chi connectivity index (χ3n) is 2.29. The van der Waals surface area contributed by atoms with Gasteiger partial charge in [0.15, 0.2) is 5.78 Å². The predicted molar refractivity (Wildman–Crippen MR) is 55.9 cm³/mol. The van der Waals surface area contributed by atoms with Gasteiger partial charge in [0.05, 0.1) is 10.6 Å². The maximum Gasteiger partial charge on any atom is 0.221 e. The molecule has 3 nitrogen and oxygen atoms in total. The zero-order valence-corrected chi connectivity index (χ0v) is 8.74. The Morgan fingerprint density at radius 2 is 2.29 bits per heavy atom. The number of nitrogens with one attached hydrogen (secondary N) is 1. The second kappa shape index (κ2) is 3.53. The number of Topliss-reactive ketones (excluding diaryl/α,β-unsaturated/α-hetero) is 1. The predicted octanol–water partition coefficient (Wildman–Crippen LogP) is 2.23. The van der Waals surface area contributed by atoms with Crippen LogP contribution >= 0.6 is 11.3 Å². The average molecular weight is 209 g/mol. The van der Waals surface area contributed by atoms with Crippen molar-refractivity contribution in [1.82, 2.24) is 0 Å². The van der Waals surface area contributed by atoms with Crippen LogP contribution in [0, 0.1) is 0 Å². The molecule has 0 bridgehead atoms. The molecular weight excluding hydrogens is 198 g/mol. The van der Waals surface area contributed by atoms with Crippen LogP contribution in [0.25, 0.3) is 0 Å². The zero-order chi connectivity index (χ0) is 10.1. The van der Waals surface area contributed by atoms with E-state index in [1.54, 1.807) is 0 Å². The molecule has 74 valence electrons. The van der Waals surface area contributed by atoms with Crippen LogP contribution in [-0.4, -0.2) is 11.7 Å². The molecule has 0 saturated carbocycles. The number of anilines is 1. The highest BCUT2D eigenvalue weighted by atomic mass is 32.1. The lowest BCUT2D eigenvalue weighted by molar-refractivity contribution is -0.114. The summed E-state index contributed by atoms with van der Waals surface area (Å²) in [6, 6.07) is 0. The van der Waals surface area contributed by atoms with Gasteiger partial charge in [0, 0.05) is 18.7 Å². The van der Waals surface area contributed by atoms with Crippen LogP contribution in [0.4, 0.5) is 5.69 Å². The Morgan fingerprint density at radius 3 is 3.00 bits per heavy atom. The number of carbonyl (C=O) groups excluding carboxylic acids is 2. The van der Waals surface area contributed by atoms with E-state index < -0.39 is 0 Å². The molecule has 1 aromatic heterocycles. The molecule has 4 heteroatoms. The van der Waals surface area contributed by atoms with E-state index >= 15 is 0 Å². The van der Waals surface area contributed by atoms with Gasteiger partial charge in [-0.3, -0.25) is 9.59 Å². The Kier molecular flexibility index (Phi) is 2.37. The highest BCUT2D eigenvalue weighted by molar-refractivity contribution is 7.12. The third kappa shape index (κ3) is 1.57. The summed E-state index contributed by atoms with van der Waals surface area (Å²) < 4.78 is 0. The Bertz CT molecular complexity index is 395. The SMILES string of the molecule is CC(=O)Nc1csc2c1CCCC2=O. The molecule has 1 aromatic rings. The quantitative estimate of drug-likeness (QED) is 0.770. The van der Waals surface area contributed by atoms with Crippen LogP contribution < -0.4 is 5.32 Å². The van der Waals surface area contributed by atoms with Crippen molar-refractivity contribution in [3.63, 3.8) is 0 Å². The maximum absolute atomic E-state index is 11.5. The van der Waals surface area contributed by atoms with E-state index in [9.17, 15) is 9.59 Å². The number of ketones is 1. The lowest BCUT2D eigenvalue weighted by Gasteiger charge is -2.11. The molecule has 1 aliphatic rings. The van der Waals surface area contributed by atoms with Gasteiger partial charge in [0.1, 0.15) is 0 Å². The fourth-order valence-electron chi connectivity index (χ4n) is 1.70. The van der Waals surface area contributed by atoms with Crippen LogP contribution in [0.15, 0.2) is 5.38 Å². The molecule has 0 aromatic carbocycles. The number of fused-ring (bicyclic) bond motifs is 1. The van der Waals surface area contributed by atoms with Gasteiger partial charge in [-0.15, -0.1) is 11.3 Å². The van der Waals surface area contributed by atoms with Crippen molar-refractivity contribution in [2.75, 3.05) is 5.32 Å². The first kappa shape index (κ1) is 9.40. The van der Waals surface area contributed by atoms with Crippen LogP contribution in [0.2, 0.25) is 0 Å². The molecule has 0 spiro atoms. The van der Waals surface area contributed by atoms with Crippen LogP contribution in [0.5, 0.6) is 0 Å². The molecule has 1 amide bonds. The second-order valence-corrected chi connectivity index (χ2v) is 4.29. The minimum absolute atomic E-state index is 0.0800. The van der Waals surface area contributed by atoms with Gasteiger partial charge in [-0.2, -0.15) is 0 Å². The average Bonchev–Trinajstić information content (AvgIpc) is 2.49. The van der Waals surface area contributed by atoms with E-state index in [4.69, 9.17) is 0 Å². The van der Waals surface area contributed by atoms with Gasteiger partial charge in [-0.1, -0.05) is 0 Å². The summed E-state index contributed by atoms with van der Waals surface area (Å²) in [5.41, 5.74) is 1.85. The number of hydrogen-bond acceptors (Lipinski definition) is 3. The minimum Gasteiger partial charge on any atom is -0.325 e. The first-order valence-electron chi connectivity index (χ1n) is 4.59. The van der Waals surface area contributed by atoms with Crippen molar-refractivity contribution in [3.8, 4) is 0 Å². The molecule has 0 atom stereocenters. The summed E-state index contributed by atoms with van der Waals surface area (Å²) in [5, 5.41) is 4.61. The first-order valence-corrected chi connectivity index (χ1v) is 5.47. The second-order valence-electron chi connectivity index (χ2n) is 3.41. The van der Waals surface area contributed by atoms with Crippen molar-refractivity contribution in [2.24, 2.45) is 0 Å². The molecule has 0 aliphatic heterocycles. The van der Waals surface area contributed by atoms with E-state index in [1.807, 2.05) is 5.38 Å². The first-order chi connectivity index (χ1) is 6.68. The Hall–Kier alpha value is -1.16. The van der Waals surface area contributed by atoms with E-state index in [0.29, 0.717) is 6.42 Å². The highest BCUT2D eigenvalue weighted by Crippen LogP contribution is 2.33. The summed E-state index contributed by atoms with van der Waals surface area (Å²) in [4.78, 5) is 23.2. The van der Waals surface area contributed by atoms with Gasteiger partial charge in [-0.05, 0) is 18.4 Å². The van der Waals surface area contributed by atoms with E-state index in [2.05, 4.69) is 5.32 Å². The highest BCUT2D eigenvalue weighted by Gasteiger charge is 2.22. The number of amides is 1. The number of hydrogen-bond donors (Lipinski definition) is 1. The topological polar surface area (TPSA) is 46.2 Å². The maximum atomic E-state index is 11.5. The Morgan fingerprint density at radius 1 is 1.50 bits per heavy atom. The van der Waals surface area contributed by atoms with E-state index in [-0.39, 0.29) is 11.7 Å². The summed E-state index contributed by atoms with van der Waals surface area (Å²) >= 11 is 1.44. The standard InChI is InChI=1S/C10H11NO2S/c1-6(12)11-8-5-14-10-7(8)3-2-4-9(10)13/h5H,2-4H2,1H3,(H,11,12). The Balaban J connectivity index is 2.35. The molecular formula is C10H11NO2S. The summed E-state index contributed by atoms with van der Waals surface area (Å²) in [6.07, 6.45) is 2.45. The molecule has 0 fully saturated rings. The fraction of sp³-hybridized carbons (Fsp3) is 0.400. The van der Waals surface area contributed by atoms with Gasteiger partial charge >= 0.3 is 0 Å². The molecule has 14 heavy (non-hydrogen) atoms. The third-order valence-corrected chi connectivity index (χ3v) is 3.35. The van der Waals surface area contributed by atoms with Crippen molar-refractivity contribution in [2.45, 2.75) is 26.2 Å². The number of thiophene rings is 1. The Labute approximate surface area is 86.1 Å². The van der Waals surface area contributed by atoms with E-state index in [1.165, 1.54) is 18.3 Å². The number of rotatable bonds is 1. The summed E-state index contributed by atoms with van der Waals surface area (Å²) in [7, 11) is 0. The molecule has 0 radical (unpaired) electrons. The number of carbonyl (C=O) groups is 2. The van der Waals surface area contributed by atoms with Crippen molar-refractivity contribution in [1.29, 1.82) is 0 Å². The molecule has 0 saturated heterocycles. The largest absolute Gasteiger partial charge is 0.325 e. The lowest BCUT2D eigenvalue weighted by atomic mass is 9.97. The summed E-state index contributed by atoms with van der Waals surface area (Å²) in [5.74, 6) is 0.136. The minimum atomic E-state index is -0.0800. The molecule has 2 rings (SSSR count). The van der Waals surface area contributed by atoms with Crippen molar-refractivity contribution < 1.29 is 9.59 Å². The van der Waals surface area contributed by atoms with E-state index in [0.717, 1.165) is 29.0 Å². The van der Waals surface area contributed by atoms with Crippen LogP contribution in [-0.2, 0) is 11.2 Å². The fourth-order valence-corrected chi connectivity index (χ4v) is 2.72. The smallest absolute Gasteiger partial charge is 0.221 e. The van der Waals surface area contributed by atoms with Gasteiger partial charge in [-0.25, -0.2) is 0 Å². The van der Waals surface area contributed by atoms with Crippen LogP contribution in [0.1, 0.15) is 35.0 Å². The van der Waals surface area contributed by atoms with Crippen LogP contribution in [0.3, 0.4) is 0 Å². The van der Waals surface area contributed by atoms with Crippen molar-refractivity contribution in [3.05, 3.63) is 15.8 Å². The van der Waals surface area contributed by atoms with Gasteiger partial charge in [0.25, 0.3) is 0 Å². The molecule has 1 aliphatic carbocycles. The molecule has 0 unspecified atom stereocenters. The monoisotopic (exact) mass is 209 g/mol. The normalized spacial score (nSPS) is 15.1. The van der Waals surface area contributed by atoms with Gasteiger partial charge in [0.2, 0.25) is 5.91 Å². The van der Waals surface area contributed by atoms with Crippen molar-refractivity contribution >= 4 is 28.7 Å². The lowest BCUT2D eigenvalue weighted by Crippen LogP contribution is -2.11. The zero-order valence-electron chi connectivity index (χ0n) is 7.92. The summed E-state index contributed by atoms with van der Waals surface area (Å²) in [6.45, 7) is 1.48. The molecule has 1 N–H and O–H groups in total.